The number of carboxylic acid groups (broad SMARTS) is 1. The first-order valence-electron chi connectivity index (χ1n) is 8.22. The molecule has 1 atom stereocenters. The molecule has 25 heavy (non-hydrogen) atoms. The van der Waals surface area contributed by atoms with Crippen molar-refractivity contribution in [2.75, 3.05) is 5.32 Å². The zero-order valence-electron chi connectivity index (χ0n) is 13.6. The third kappa shape index (κ3) is 3.72. The van der Waals surface area contributed by atoms with Crippen molar-refractivity contribution in [2.24, 2.45) is 0 Å². The molecular formula is C19H18N2O3S. The third-order valence-electron chi connectivity index (χ3n) is 4.43. The van der Waals surface area contributed by atoms with Crippen LogP contribution in [-0.4, -0.2) is 17.0 Å². The summed E-state index contributed by atoms with van der Waals surface area (Å²) in [5, 5.41) is 22.2. The minimum Gasteiger partial charge on any atom is -0.481 e. The van der Waals surface area contributed by atoms with E-state index in [1.54, 1.807) is 30.3 Å². The van der Waals surface area contributed by atoms with Crippen LogP contribution in [0.1, 0.15) is 46.7 Å². The Hall–Kier alpha value is -2.65. The molecule has 0 fully saturated rings. The van der Waals surface area contributed by atoms with Gasteiger partial charge in [-0.2, -0.15) is 5.26 Å². The van der Waals surface area contributed by atoms with Crippen LogP contribution >= 0.6 is 11.3 Å². The molecule has 1 aliphatic rings. The molecule has 1 aliphatic carbocycles. The Morgan fingerprint density at radius 3 is 2.64 bits per heavy atom. The van der Waals surface area contributed by atoms with E-state index in [0.717, 1.165) is 36.1 Å². The molecule has 2 aromatic rings. The van der Waals surface area contributed by atoms with Gasteiger partial charge in [-0.1, -0.05) is 30.3 Å². The number of anilines is 1. The lowest BCUT2D eigenvalue weighted by molar-refractivity contribution is -0.140. The number of aryl methyl sites for hydroxylation is 1. The number of benzene rings is 1. The zero-order valence-corrected chi connectivity index (χ0v) is 14.4. The number of hydrogen-bond donors (Lipinski definition) is 2. The van der Waals surface area contributed by atoms with Crippen LogP contribution in [0.4, 0.5) is 5.00 Å². The highest BCUT2D eigenvalue weighted by atomic mass is 32.1. The number of nitrogens with one attached hydrogen (secondary N) is 1. The normalized spacial score (nSPS) is 14.2. The Kier molecular flexibility index (Phi) is 5.15. The van der Waals surface area contributed by atoms with Gasteiger partial charge in [0.1, 0.15) is 11.1 Å². The second-order valence-electron chi connectivity index (χ2n) is 6.08. The summed E-state index contributed by atoms with van der Waals surface area (Å²) in [4.78, 5) is 25.1. The van der Waals surface area contributed by atoms with Crippen LogP contribution in [0.3, 0.4) is 0 Å². The third-order valence-corrected chi connectivity index (χ3v) is 5.63. The van der Waals surface area contributed by atoms with Crippen LogP contribution in [0.25, 0.3) is 0 Å². The predicted molar refractivity (Wildman–Crippen MR) is 95.7 cm³/mol. The van der Waals surface area contributed by atoms with Crippen molar-refractivity contribution >= 4 is 28.2 Å². The minimum atomic E-state index is -1.03. The van der Waals surface area contributed by atoms with Gasteiger partial charge in [-0.15, -0.1) is 11.3 Å². The van der Waals surface area contributed by atoms with Gasteiger partial charge in [0.2, 0.25) is 5.91 Å². The second-order valence-corrected chi connectivity index (χ2v) is 7.19. The monoisotopic (exact) mass is 354 g/mol. The summed E-state index contributed by atoms with van der Waals surface area (Å²) < 4.78 is 0. The second kappa shape index (κ2) is 7.49. The number of thiophene rings is 1. The molecule has 1 unspecified atom stereocenters. The number of amides is 1. The maximum absolute atomic E-state index is 12.4. The molecule has 0 saturated heterocycles. The number of carbonyl (C=O) groups excluding carboxylic acids is 1. The Labute approximate surface area is 149 Å². The average Bonchev–Trinajstić information content (AvgIpc) is 2.97. The van der Waals surface area contributed by atoms with Crippen LogP contribution < -0.4 is 5.32 Å². The van der Waals surface area contributed by atoms with Gasteiger partial charge >= 0.3 is 5.97 Å². The molecule has 1 aromatic carbocycles. The van der Waals surface area contributed by atoms with Crippen molar-refractivity contribution in [3.8, 4) is 6.07 Å². The molecular weight excluding hydrogens is 336 g/mol. The highest BCUT2D eigenvalue weighted by Crippen LogP contribution is 2.37. The zero-order chi connectivity index (χ0) is 17.8. The molecule has 1 heterocycles. The Morgan fingerprint density at radius 2 is 1.96 bits per heavy atom. The van der Waals surface area contributed by atoms with Gasteiger partial charge in [0, 0.05) is 11.3 Å². The highest BCUT2D eigenvalue weighted by molar-refractivity contribution is 7.16. The van der Waals surface area contributed by atoms with Crippen molar-refractivity contribution in [3.63, 3.8) is 0 Å². The first kappa shape index (κ1) is 17.2. The maximum Gasteiger partial charge on any atom is 0.311 e. The van der Waals surface area contributed by atoms with E-state index in [1.807, 2.05) is 0 Å². The summed E-state index contributed by atoms with van der Waals surface area (Å²) in [6.45, 7) is 0. The SMILES string of the molecule is N#Cc1c(NC(=O)CC(C(=O)O)c2ccccc2)sc2c1CCCC2. The average molecular weight is 354 g/mol. The highest BCUT2D eigenvalue weighted by Gasteiger charge is 2.26. The quantitative estimate of drug-likeness (QED) is 0.857. The lowest BCUT2D eigenvalue weighted by Crippen LogP contribution is -2.20. The fourth-order valence-electron chi connectivity index (χ4n) is 3.17. The molecule has 2 N–H and O–H groups in total. The number of nitriles is 1. The first-order chi connectivity index (χ1) is 12.1. The van der Waals surface area contributed by atoms with Gasteiger partial charge < -0.3 is 10.4 Å². The number of rotatable bonds is 5. The molecule has 6 heteroatoms. The fourth-order valence-corrected chi connectivity index (χ4v) is 4.42. The Balaban J connectivity index is 1.77. The molecule has 0 aliphatic heterocycles. The van der Waals surface area contributed by atoms with Crippen LogP contribution in [0.15, 0.2) is 30.3 Å². The topological polar surface area (TPSA) is 90.2 Å². The van der Waals surface area contributed by atoms with E-state index in [9.17, 15) is 20.0 Å². The van der Waals surface area contributed by atoms with Gasteiger partial charge in [0.05, 0.1) is 11.5 Å². The summed E-state index contributed by atoms with van der Waals surface area (Å²) in [7, 11) is 0. The van der Waals surface area contributed by atoms with Gasteiger partial charge in [-0.3, -0.25) is 9.59 Å². The number of carboxylic acids is 1. The molecule has 0 spiro atoms. The molecule has 1 aromatic heterocycles. The molecule has 128 valence electrons. The Bertz CT molecular complexity index is 836. The van der Waals surface area contributed by atoms with Crippen molar-refractivity contribution in [3.05, 3.63) is 51.9 Å². The van der Waals surface area contributed by atoms with E-state index < -0.39 is 11.9 Å². The standard InChI is InChI=1S/C19H18N2O3S/c20-11-15-13-8-4-5-9-16(13)25-18(15)21-17(22)10-14(19(23)24)12-6-2-1-3-7-12/h1-3,6-7,14H,4-5,8-10H2,(H,21,22)(H,23,24). The summed E-state index contributed by atoms with van der Waals surface area (Å²) in [5.74, 6) is -2.32. The van der Waals surface area contributed by atoms with Crippen molar-refractivity contribution in [2.45, 2.75) is 38.0 Å². The number of carbonyl (C=O) groups is 2. The van der Waals surface area contributed by atoms with Crippen LogP contribution in [0, 0.1) is 11.3 Å². The molecule has 5 nitrogen and oxygen atoms in total. The maximum atomic E-state index is 12.4. The van der Waals surface area contributed by atoms with E-state index in [1.165, 1.54) is 11.3 Å². The lowest BCUT2D eigenvalue weighted by atomic mass is 9.95. The summed E-state index contributed by atoms with van der Waals surface area (Å²) >= 11 is 1.44. The molecule has 0 bridgehead atoms. The van der Waals surface area contributed by atoms with E-state index >= 15 is 0 Å². The molecule has 0 saturated carbocycles. The number of fused-ring (bicyclic) bond motifs is 1. The smallest absolute Gasteiger partial charge is 0.311 e. The number of aliphatic carboxylic acids is 1. The van der Waals surface area contributed by atoms with E-state index in [4.69, 9.17) is 0 Å². The fraction of sp³-hybridized carbons (Fsp3) is 0.316. The van der Waals surface area contributed by atoms with Gasteiger partial charge in [-0.05, 0) is 36.8 Å². The van der Waals surface area contributed by atoms with E-state index in [0.29, 0.717) is 16.1 Å². The largest absolute Gasteiger partial charge is 0.481 e. The van der Waals surface area contributed by atoms with Crippen molar-refractivity contribution in [1.82, 2.24) is 0 Å². The van der Waals surface area contributed by atoms with E-state index in [-0.39, 0.29) is 12.3 Å². The summed E-state index contributed by atoms with van der Waals surface area (Å²) in [6.07, 6.45) is 3.80. The van der Waals surface area contributed by atoms with Crippen LogP contribution in [0.5, 0.6) is 0 Å². The van der Waals surface area contributed by atoms with E-state index in [2.05, 4.69) is 11.4 Å². The molecule has 0 radical (unpaired) electrons. The van der Waals surface area contributed by atoms with Crippen molar-refractivity contribution < 1.29 is 14.7 Å². The van der Waals surface area contributed by atoms with Gasteiger partial charge in [0.25, 0.3) is 0 Å². The van der Waals surface area contributed by atoms with Crippen molar-refractivity contribution in [1.29, 1.82) is 5.26 Å². The number of nitrogens with zero attached hydrogens (tertiary/aromatic N) is 1. The number of hydrogen-bond acceptors (Lipinski definition) is 4. The van der Waals surface area contributed by atoms with Crippen LogP contribution in [0.2, 0.25) is 0 Å². The molecule has 1 amide bonds. The van der Waals surface area contributed by atoms with Gasteiger partial charge in [0.15, 0.2) is 0 Å². The summed E-state index contributed by atoms with van der Waals surface area (Å²) in [6, 6.07) is 10.9. The predicted octanol–water partition coefficient (Wildman–Crippen LogP) is 3.70. The molecule has 3 rings (SSSR count). The minimum absolute atomic E-state index is 0.160. The Morgan fingerprint density at radius 1 is 1.24 bits per heavy atom. The first-order valence-corrected chi connectivity index (χ1v) is 9.04. The summed E-state index contributed by atoms with van der Waals surface area (Å²) in [5.41, 5.74) is 2.18. The van der Waals surface area contributed by atoms with Crippen LogP contribution in [-0.2, 0) is 22.4 Å². The van der Waals surface area contributed by atoms with Gasteiger partial charge in [-0.25, -0.2) is 0 Å². The lowest BCUT2D eigenvalue weighted by Gasteiger charge is -2.12.